The summed E-state index contributed by atoms with van der Waals surface area (Å²) >= 11 is 6.33. The fourth-order valence-corrected chi connectivity index (χ4v) is 3.16. The SMILES string of the molecule is CCOC(=O)/C(Cl)=C1\c2c(C)cc(=O)oc2-c2ccccc2N1C. The highest BCUT2D eigenvalue weighted by Crippen LogP contribution is 2.45. The van der Waals surface area contributed by atoms with Gasteiger partial charge in [-0.05, 0) is 31.5 Å². The molecule has 2 heterocycles. The number of esters is 1. The Hall–Kier alpha value is -2.53. The summed E-state index contributed by atoms with van der Waals surface area (Å²) in [6.45, 7) is 3.72. The maximum Gasteiger partial charge on any atom is 0.351 e. The van der Waals surface area contributed by atoms with Gasteiger partial charge in [-0.15, -0.1) is 0 Å². The number of ether oxygens (including phenoxy) is 1. The minimum Gasteiger partial charge on any atom is -0.462 e. The van der Waals surface area contributed by atoms with E-state index in [1.165, 1.54) is 6.07 Å². The molecular formula is C18H16ClNO4. The summed E-state index contributed by atoms with van der Waals surface area (Å²) in [6.07, 6.45) is 0. The highest BCUT2D eigenvalue weighted by Gasteiger charge is 2.32. The number of hydrogen-bond donors (Lipinski definition) is 0. The Kier molecular flexibility index (Phi) is 4.20. The number of hydrogen-bond acceptors (Lipinski definition) is 5. The molecule has 1 aliphatic heterocycles. The van der Waals surface area contributed by atoms with E-state index in [0.717, 1.165) is 11.3 Å². The lowest BCUT2D eigenvalue weighted by Crippen LogP contribution is -2.25. The molecular weight excluding hydrogens is 330 g/mol. The van der Waals surface area contributed by atoms with E-state index in [-0.39, 0.29) is 11.6 Å². The second-order valence-electron chi connectivity index (χ2n) is 5.41. The van der Waals surface area contributed by atoms with Gasteiger partial charge in [0, 0.05) is 24.2 Å². The largest absolute Gasteiger partial charge is 0.462 e. The summed E-state index contributed by atoms with van der Waals surface area (Å²) < 4.78 is 10.5. The van der Waals surface area contributed by atoms with Crippen molar-refractivity contribution in [1.82, 2.24) is 0 Å². The molecule has 0 atom stereocenters. The van der Waals surface area contributed by atoms with Gasteiger partial charge >= 0.3 is 11.6 Å². The molecule has 0 saturated heterocycles. The van der Waals surface area contributed by atoms with Crippen LogP contribution < -0.4 is 10.5 Å². The lowest BCUT2D eigenvalue weighted by atomic mass is 9.93. The van der Waals surface area contributed by atoms with Crippen LogP contribution in [0.1, 0.15) is 18.1 Å². The number of halogens is 1. The number of para-hydroxylation sites is 1. The Labute approximate surface area is 144 Å². The predicted octanol–water partition coefficient (Wildman–Crippen LogP) is 3.54. The van der Waals surface area contributed by atoms with Crippen molar-refractivity contribution in [2.75, 3.05) is 18.6 Å². The monoisotopic (exact) mass is 345 g/mol. The van der Waals surface area contributed by atoms with E-state index in [0.29, 0.717) is 22.6 Å². The van der Waals surface area contributed by atoms with Crippen molar-refractivity contribution in [3.8, 4) is 11.3 Å². The first-order valence-electron chi connectivity index (χ1n) is 7.50. The van der Waals surface area contributed by atoms with E-state index < -0.39 is 11.6 Å². The zero-order valence-electron chi connectivity index (χ0n) is 13.6. The molecule has 0 radical (unpaired) electrons. The molecule has 0 saturated carbocycles. The molecule has 0 spiro atoms. The molecule has 3 rings (SSSR count). The van der Waals surface area contributed by atoms with Crippen molar-refractivity contribution < 1.29 is 13.9 Å². The lowest BCUT2D eigenvalue weighted by molar-refractivity contribution is -0.137. The van der Waals surface area contributed by atoms with Crippen molar-refractivity contribution in [2.24, 2.45) is 0 Å². The molecule has 2 aromatic rings. The van der Waals surface area contributed by atoms with Gasteiger partial charge in [0.15, 0.2) is 0 Å². The van der Waals surface area contributed by atoms with E-state index in [9.17, 15) is 9.59 Å². The minimum atomic E-state index is -0.614. The molecule has 0 fully saturated rings. The lowest BCUT2D eigenvalue weighted by Gasteiger charge is -2.32. The van der Waals surface area contributed by atoms with Crippen molar-refractivity contribution in [2.45, 2.75) is 13.8 Å². The van der Waals surface area contributed by atoms with Crippen LogP contribution in [-0.2, 0) is 9.53 Å². The molecule has 0 bridgehead atoms. The van der Waals surface area contributed by atoms with Gasteiger partial charge in [-0.1, -0.05) is 23.7 Å². The number of fused-ring (bicyclic) bond motifs is 3. The zero-order valence-corrected chi connectivity index (χ0v) is 14.3. The van der Waals surface area contributed by atoms with Crippen molar-refractivity contribution in [1.29, 1.82) is 0 Å². The third-order valence-electron chi connectivity index (χ3n) is 3.90. The zero-order chi connectivity index (χ0) is 17.4. The van der Waals surface area contributed by atoms with Crippen LogP contribution in [0.4, 0.5) is 5.69 Å². The number of nitrogens with zero attached hydrogens (tertiary/aromatic N) is 1. The Balaban J connectivity index is 2.38. The third kappa shape index (κ3) is 2.51. The highest BCUT2D eigenvalue weighted by molar-refractivity contribution is 6.45. The first-order valence-corrected chi connectivity index (χ1v) is 7.88. The van der Waals surface area contributed by atoms with Crippen molar-refractivity contribution in [3.63, 3.8) is 0 Å². The second kappa shape index (κ2) is 6.17. The van der Waals surface area contributed by atoms with E-state index in [2.05, 4.69) is 0 Å². The topological polar surface area (TPSA) is 59.8 Å². The molecule has 1 aliphatic rings. The van der Waals surface area contributed by atoms with Gasteiger partial charge in [0.25, 0.3) is 0 Å². The number of carbonyl (C=O) groups is 1. The predicted molar refractivity (Wildman–Crippen MR) is 93.0 cm³/mol. The number of anilines is 1. The number of benzene rings is 1. The van der Waals surface area contributed by atoms with Crippen LogP contribution in [0.5, 0.6) is 0 Å². The Morgan fingerprint density at radius 3 is 2.75 bits per heavy atom. The first kappa shape index (κ1) is 16.3. The van der Waals surface area contributed by atoms with Crippen LogP contribution in [0.25, 0.3) is 17.0 Å². The van der Waals surface area contributed by atoms with Gasteiger partial charge in [-0.2, -0.15) is 0 Å². The van der Waals surface area contributed by atoms with Gasteiger partial charge in [0.2, 0.25) is 0 Å². The Morgan fingerprint density at radius 1 is 1.33 bits per heavy atom. The molecule has 6 heteroatoms. The van der Waals surface area contributed by atoms with E-state index >= 15 is 0 Å². The smallest absolute Gasteiger partial charge is 0.351 e. The van der Waals surface area contributed by atoms with Crippen molar-refractivity contribution in [3.05, 3.63) is 56.9 Å². The van der Waals surface area contributed by atoms with E-state index in [1.54, 1.807) is 13.8 Å². The minimum absolute atomic E-state index is 0.0490. The molecule has 124 valence electrons. The van der Waals surface area contributed by atoms with Crippen LogP contribution in [0.3, 0.4) is 0 Å². The Morgan fingerprint density at radius 2 is 2.04 bits per heavy atom. The normalized spacial score (nSPS) is 14.8. The molecule has 0 aliphatic carbocycles. The van der Waals surface area contributed by atoms with Crippen LogP contribution in [0.15, 0.2) is 44.6 Å². The molecule has 0 unspecified atom stereocenters. The van der Waals surface area contributed by atoms with Crippen LogP contribution in [0.2, 0.25) is 0 Å². The molecule has 0 amide bonds. The molecule has 24 heavy (non-hydrogen) atoms. The first-order chi connectivity index (χ1) is 11.5. The highest BCUT2D eigenvalue weighted by atomic mass is 35.5. The Bertz CT molecular complexity index is 913. The fourth-order valence-electron chi connectivity index (χ4n) is 2.89. The van der Waals surface area contributed by atoms with Gasteiger partial charge < -0.3 is 14.1 Å². The van der Waals surface area contributed by atoms with E-state index in [4.69, 9.17) is 20.8 Å². The fraction of sp³-hybridized carbons (Fsp3) is 0.222. The number of aryl methyl sites for hydroxylation is 1. The number of carbonyl (C=O) groups excluding carboxylic acids is 1. The van der Waals surface area contributed by atoms with Crippen LogP contribution in [-0.4, -0.2) is 19.6 Å². The van der Waals surface area contributed by atoms with E-state index in [1.807, 2.05) is 36.2 Å². The standard InChI is InChI=1S/C18H16ClNO4/c1-4-23-18(22)15(19)16-14-10(2)9-13(21)24-17(14)11-7-5-6-8-12(11)20(16)3/h5-9H,4H2,1-3H3/b16-15-. The summed E-state index contributed by atoms with van der Waals surface area (Å²) in [6, 6.07) is 8.85. The summed E-state index contributed by atoms with van der Waals surface area (Å²) in [5, 5.41) is -0.0490. The average Bonchev–Trinajstić information content (AvgIpc) is 2.56. The summed E-state index contributed by atoms with van der Waals surface area (Å²) in [7, 11) is 1.81. The number of rotatable bonds is 2. The quantitative estimate of drug-likeness (QED) is 0.615. The van der Waals surface area contributed by atoms with Crippen LogP contribution >= 0.6 is 11.6 Å². The summed E-state index contributed by atoms with van der Waals surface area (Å²) in [5.41, 5.74) is 2.88. The van der Waals surface area contributed by atoms with Gasteiger partial charge in [-0.25, -0.2) is 9.59 Å². The van der Waals surface area contributed by atoms with Crippen molar-refractivity contribution >= 4 is 29.0 Å². The maximum absolute atomic E-state index is 12.2. The van der Waals surface area contributed by atoms with Gasteiger partial charge in [0.1, 0.15) is 10.8 Å². The molecule has 1 aromatic heterocycles. The van der Waals surface area contributed by atoms with Crippen LogP contribution in [0, 0.1) is 6.92 Å². The van der Waals surface area contributed by atoms with Gasteiger partial charge in [-0.3, -0.25) is 0 Å². The molecule has 1 aromatic carbocycles. The molecule has 0 N–H and O–H groups in total. The second-order valence-corrected chi connectivity index (χ2v) is 5.79. The average molecular weight is 346 g/mol. The summed E-state index contributed by atoms with van der Waals surface area (Å²) in [5.74, 6) is -0.205. The maximum atomic E-state index is 12.2. The summed E-state index contributed by atoms with van der Waals surface area (Å²) in [4.78, 5) is 25.8. The van der Waals surface area contributed by atoms with Gasteiger partial charge in [0.05, 0.1) is 18.0 Å². The third-order valence-corrected chi connectivity index (χ3v) is 4.24. The molecule has 5 nitrogen and oxygen atoms in total.